The fourth-order valence-corrected chi connectivity index (χ4v) is 4.90. The Morgan fingerprint density at radius 3 is 2.34 bits per heavy atom. The lowest BCUT2D eigenvalue weighted by Crippen LogP contribution is -2.45. The van der Waals surface area contributed by atoms with Gasteiger partial charge in [0.25, 0.3) is 0 Å². The van der Waals surface area contributed by atoms with Crippen molar-refractivity contribution in [1.29, 1.82) is 5.26 Å². The summed E-state index contributed by atoms with van der Waals surface area (Å²) in [6.45, 7) is 6.01. The summed E-state index contributed by atoms with van der Waals surface area (Å²) >= 11 is 0. The van der Waals surface area contributed by atoms with Gasteiger partial charge in [-0.2, -0.15) is 5.26 Å². The van der Waals surface area contributed by atoms with Gasteiger partial charge in [0.15, 0.2) is 0 Å². The first-order chi connectivity index (χ1) is 15.5. The van der Waals surface area contributed by atoms with Crippen LogP contribution in [0, 0.1) is 17.2 Å². The molecule has 1 aliphatic heterocycles. The SMILES string of the molecule is C[C@@H]1CN(c2ccc(CC(=O)C3CCC(Oc4ccccc4C#N)CC3)cc2)C[C@H](C)O1. The summed E-state index contributed by atoms with van der Waals surface area (Å²) in [4.78, 5) is 15.3. The molecule has 0 radical (unpaired) electrons. The lowest BCUT2D eigenvalue weighted by molar-refractivity contribution is -0.123. The molecule has 1 heterocycles. The van der Waals surface area contributed by atoms with E-state index in [4.69, 9.17) is 9.47 Å². The van der Waals surface area contributed by atoms with Crippen molar-refractivity contribution in [2.24, 2.45) is 5.92 Å². The van der Waals surface area contributed by atoms with Crippen LogP contribution >= 0.6 is 0 Å². The van der Waals surface area contributed by atoms with Crippen LogP contribution in [-0.4, -0.2) is 37.2 Å². The van der Waals surface area contributed by atoms with Gasteiger partial charge in [-0.05, 0) is 69.4 Å². The number of ketones is 1. The molecule has 1 saturated carbocycles. The molecule has 0 spiro atoms. The maximum absolute atomic E-state index is 12.9. The van der Waals surface area contributed by atoms with Gasteiger partial charge < -0.3 is 14.4 Å². The van der Waals surface area contributed by atoms with E-state index >= 15 is 0 Å². The predicted molar refractivity (Wildman–Crippen MR) is 125 cm³/mol. The maximum Gasteiger partial charge on any atom is 0.140 e. The molecule has 2 atom stereocenters. The second-order valence-corrected chi connectivity index (χ2v) is 9.17. The molecular formula is C27H32N2O3. The molecule has 2 aromatic rings. The van der Waals surface area contributed by atoms with Crippen molar-refractivity contribution < 1.29 is 14.3 Å². The van der Waals surface area contributed by atoms with Gasteiger partial charge in [0.05, 0.1) is 23.9 Å². The van der Waals surface area contributed by atoms with Gasteiger partial charge in [-0.3, -0.25) is 4.79 Å². The molecule has 1 aliphatic carbocycles. The first-order valence-corrected chi connectivity index (χ1v) is 11.7. The second-order valence-electron chi connectivity index (χ2n) is 9.17. The summed E-state index contributed by atoms with van der Waals surface area (Å²) < 4.78 is 11.9. The van der Waals surface area contributed by atoms with Gasteiger partial charge in [0.2, 0.25) is 0 Å². The third-order valence-corrected chi connectivity index (χ3v) is 6.53. The normalized spacial score (nSPS) is 25.7. The van der Waals surface area contributed by atoms with Crippen LogP contribution in [0.25, 0.3) is 0 Å². The molecule has 2 aliphatic rings. The van der Waals surface area contributed by atoms with Crippen LogP contribution < -0.4 is 9.64 Å². The van der Waals surface area contributed by atoms with E-state index in [1.165, 1.54) is 5.69 Å². The third kappa shape index (κ3) is 5.49. The van der Waals surface area contributed by atoms with E-state index in [1.807, 2.05) is 18.2 Å². The molecule has 2 fully saturated rings. The van der Waals surface area contributed by atoms with Crippen molar-refractivity contribution >= 4 is 11.5 Å². The van der Waals surface area contributed by atoms with Crippen LogP contribution in [0.3, 0.4) is 0 Å². The van der Waals surface area contributed by atoms with Gasteiger partial charge in [-0.1, -0.05) is 24.3 Å². The highest BCUT2D eigenvalue weighted by atomic mass is 16.5. The Kier molecular flexibility index (Phi) is 7.12. The number of hydrogen-bond donors (Lipinski definition) is 0. The summed E-state index contributed by atoms with van der Waals surface area (Å²) in [6.07, 6.45) is 4.42. The van der Waals surface area contributed by atoms with E-state index in [2.05, 4.69) is 49.1 Å². The standard InChI is InChI=1S/C27H32N2O3/c1-19-17-29(18-20(2)31-19)24-11-7-21(8-12-24)15-26(30)22-9-13-25(14-10-22)32-27-6-4-3-5-23(27)16-28/h3-8,11-12,19-20,22,25H,9-10,13-15,17-18H2,1-2H3/t19-,20+,22?,25?. The molecule has 0 aromatic heterocycles. The highest BCUT2D eigenvalue weighted by Gasteiger charge is 2.28. The van der Waals surface area contributed by atoms with Crippen molar-refractivity contribution in [3.63, 3.8) is 0 Å². The number of hydrogen-bond acceptors (Lipinski definition) is 5. The summed E-state index contributed by atoms with van der Waals surface area (Å²) in [5, 5.41) is 9.23. The molecule has 2 aromatic carbocycles. The Morgan fingerprint density at radius 2 is 1.69 bits per heavy atom. The number of morpholine rings is 1. The van der Waals surface area contributed by atoms with Crippen LogP contribution in [-0.2, 0) is 16.0 Å². The molecule has 4 rings (SSSR count). The Bertz CT molecular complexity index is 948. The highest BCUT2D eigenvalue weighted by molar-refractivity contribution is 5.83. The Balaban J connectivity index is 1.27. The highest BCUT2D eigenvalue weighted by Crippen LogP contribution is 2.30. The topological polar surface area (TPSA) is 62.6 Å². The van der Waals surface area contributed by atoms with Crippen LogP contribution in [0.5, 0.6) is 5.75 Å². The molecule has 0 unspecified atom stereocenters. The number of rotatable bonds is 6. The quantitative estimate of drug-likeness (QED) is 0.648. The van der Waals surface area contributed by atoms with Crippen molar-refractivity contribution in [1.82, 2.24) is 0 Å². The van der Waals surface area contributed by atoms with E-state index in [1.54, 1.807) is 6.07 Å². The molecule has 32 heavy (non-hydrogen) atoms. The van der Waals surface area contributed by atoms with Gasteiger partial charge in [0, 0.05) is 31.1 Å². The molecule has 5 nitrogen and oxygen atoms in total. The number of nitriles is 1. The van der Waals surface area contributed by atoms with Gasteiger partial charge in [-0.25, -0.2) is 0 Å². The molecule has 0 amide bonds. The zero-order chi connectivity index (χ0) is 22.5. The number of nitrogens with zero attached hydrogens (tertiary/aromatic N) is 2. The van der Waals surface area contributed by atoms with Gasteiger partial charge in [0.1, 0.15) is 17.6 Å². The molecule has 1 saturated heterocycles. The largest absolute Gasteiger partial charge is 0.489 e. The number of anilines is 1. The minimum absolute atomic E-state index is 0.0751. The van der Waals surface area contributed by atoms with Crippen molar-refractivity contribution in [2.75, 3.05) is 18.0 Å². The summed E-state index contributed by atoms with van der Waals surface area (Å²) in [7, 11) is 0. The average Bonchev–Trinajstić information content (AvgIpc) is 2.80. The predicted octanol–water partition coefficient (Wildman–Crippen LogP) is 4.92. The van der Waals surface area contributed by atoms with Crippen molar-refractivity contribution in [3.05, 3.63) is 59.7 Å². The average molecular weight is 433 g/mol. The van der Waals surface area contributed by atoms with Crippen molar-refractivity contribution in [3.8, 4) is 11.8 Å². The third-order valence-electron chi connectivity index (χ3n) is 6.53. The number of para-hydroxylation sites is 1. The van der Waals surface area contributed by atoms with E-state index in [0.717, 1.165) is 44.3 Å². The van der Waals surface area contributed by atoms with Crippen LogP contribution in [0.4, 0.5) is 5.69 Å². The van der Waals surface area contributed by atoms with Crippen LogP contribution in [0.2, 0.25) is 0 Å². The monoisotopic (exact) mass is 432 g/mol. The second kappa shape index (κ2) is 10.2. The Morgan fingerprint density at radius 1 is 1.03 bits per heavy atom. The number of carbonyl (C=O) groups excluding carboxylic acids is 1. The van der Waals surface area contributed by atoms with E-state index in [9.17, 15) is 10.1 Å². The van der Waals surface area contributed by atoms with Gasteiger partial charge in [-0.15, -0.1) is 0 Å². The van der Waals surface area contributed by atoms with E-state index in [0.29, 0.717) is 23.5 Å². The van der Waals surface area contributed by atoms with E-state index < -0.39 is 0 Å². The summed E-state index contributed by atoms with van der Waals surface area (Å²) in [6, 6.07) is 18.0. The van der Waals surface area contributed by atoms with E-state index in [-0.39, 0.29) is 24.2 Å². The zero-order valence-electron chi connectivity index (χ0n) is 19.0. The molecular weight excluding hydrogens is 400 g/mol. The number of carbonyl (C=O) groups is 1. The molecule has 5 heteroatoms. The van der Waals surface area contributed by atoms with Crippen molar-refractivity contribution in [2.45, 2.75) is 64.3 Å². The summed E-state index contributed by atoms with van der Waals surface area (Å²) in [5.41, 5.74) is 2.84. The Labute approximate surface area is 190 Å². The number of ether oxygens (including phenoxy) is 2. The van der Waals surface area contributed by atoms with Gasteiger partial charge >= 0.3 is 0 Å². The lowest BCUT2D eigenvalue weighted by atomic mass is 9.83. The lowest BCUT2D eigenvalue weighted by Gasteiger charge is -2.36. The number of benzene rings is 2. The molecule has 0 bridgehead atoms. The molecule has 0 N–H and O–H groups in total. The maximum atomic E-state index is 12.9. The van der Waals surface area contributed by atoms with Crippen LogP contribution in [0.1, 0.15) is 50.7 Å². The fourth-order valence-electron chi connectivity index (χ4n) is 4.90. The fraction of sp³-hybridized carbons (Fsp3) is 0.481. The smallest absolute Gasteiger partial charge is 0.140 e. The summed E-state index contributed by atoms with van der Waals surface area (Å²) in [5.74, 6) is 1.07. The molecule has 168 valence electrons. The number of Topliss-reactive ketones (excluding diaryl/α,β-unsaturated/α-hetero) is 1. The Hall–Kier alpha value is -2.84. The van der Waals surface area contributed by atoms with Crippen LogP contribution in [0.15, 0.2) is 48.5 Å². The minimum Gasteiger partial charge on any atom is -0.489 e. The zero-order valence-corrected chi connectivity index (χ0v) is 19.0. The first-order valence-electron chi connectivity index (χ1n) is 11.7. The minimum atomic E-state index is 0.0751. The first kappa shape index (κ1) is 22.4.